The molecular weight excluding hydrogens is 205 g/mol. The van der Waals surface area contributed by atoms with Gasteiger partial charge in [-0.3, -0.25) is 14.9 Å². The predicted molar refractivity (Wildman–Crippen MR) is 38.6 cm³/mol. The van der Waals surface area contributed by atoms with E-state index in [-0.39, 0.29) is 0 Å². The van der Waals surface area contributed by atoms with Gasteiger partial charge in [-0.1, -0.05) is 0 Å². The van der Waals surface area contributed by atoms with E-state index in [1.807, 2.05) is 0 Å². The number of hydrogen-bond acceptors (Lipinski definition) is 3. The number of alkyl halides is 2. The van der Waals surface area contributed by atoms with E-state index in [9.17, 15) is 28.1 Å². The molecule has 0 fully saturated rings. The zero-order valence-electron chi connectivity index (χ0n) is 6.46. The smallest absolute Gasteiger partial charge is 0.320 e. The average molecular weight is 208 g/mol. The summed E-state index contributed by atoms with van der Waals surface area (Å²) < 4.78 is 37.0. The van der Waals surface area contributed by atoms with Gasteiger partial charge in [0.25, 0.3) is 17.8 Å². The minimum Gasteiger partial charge on any atom is -0.326 e. The van der Waals surface area contributed by atoms with Crippen LogP contribution < -0.4 is 5.56 Å². The highest BCUT2D eigenvalue weighted by molar-refractivity contribution is 5.39. The lowest BCUT2D eigenvalue weighted by Gasteiger charge is -2.00. The van der Waals surface area contributed by atoms with Crippen LogP contribution in [0.25, 0.3) is 0 Å². The Bertz CT molecular complexity index is 429. The van der Waals surface area contributed by atoms with Gasteiger partial charge in [0, 0.05) is 6.20 Å². The van der Waals surface area contributed by atoms with Crippen molar-refractivity contribution in [3.05, 3.63) is 38.0 Å². The highest BCUT2D eigenvalue weighted by Crippen LogP contribution is 2.28. The Morgan fingerprint density at radius 3 is 2.50 bits per heavy atom. The van der Waals surface area contributed by atoms with E-state index < -0.39 is 34.0 Å². The molecule has 0 aliphatic rings. The number of nitrogens with zero attached hydrogens (tertiary/aromatic N) is 1. The Morgan fingerprint density at radius 2 is 2.07 bits per heavy atom. The van der Waals surface area contributed by atoms with Crippen LogP contribution in [0.2, 0.25) is 0 Å². The number of H-pyrrole nitrogens is 1. The standard InChI is InChI=1S/C6H3F3N2O3/c7-3-4(11(13)14)2(5(8)9)1-10-6(3)12/h1,5H,(H,10,12). The van der Waals surface area contributed by atoms with E-state index in [0.29, 0.717) is 6.20 Å². The maximum atomic E-state index is 12.8. The summed E-state index contributed by atoms with van der Waals surface area (Å²) in [5.41, 5.74) is -4.03. The van der Waals surface area contributed by atoms with Gasteiger partial charge in [-0.25, -0.2) is 8.78 Å². The van der Waals surface area contributed by atoms with Crippen LogP contribution in [-0.2, 0) is 0 Å². The summed E-state index contributed by atoms with van der Waals surface area (Å²) in [6, 6.07) is 0. The number of rotatable bonds is 2. The van der Waals surface area contributed by atoms with E-state index in [1.54, 1.807) is 4.98 Å². The molecule has 0 aromatic carbocycles. The first-order chi connectivity index (χ1) is 6.45. The van der Waals surface area contributed by atoms with Crippen molar-refractivity contribution < 1.29 is 18.1 Å². The number of nitro groups is 1. The average Bonchev–Trinajstić information content (AvgIpc) is 2.08. The van der Waals surface area contributed by atoms with Crippen LogP contribution >= 0.6 is 0 Å². The summed E-state index contributed by atoms with van der Waals surface area (Å²) in [5.74, 6) is -1.81. The van der Waals surface area contributed by atoms with Gasteiger partial charge in [0.05, 0.1) is 4.92 Å². The highest BCUT2D eigenvalue weighted by Gasteiger charge is 2.28. The first kappa shape index (κ1) is 10.2. The molecular formula is C6H3F3N2O3. The number of nitrogens with one attached hydrogen (secondary N) is 1. The molecule has 1 rings (SSSR count). The van der Waals surface area contributed by atoms with Crippen LogP contribution in [0.15, 0.2) is 11.0 Å². The molecule has 0 bridgehead atoms. The Morgan fingerprint density at radius 1 is 1.50 bits per heavy atom. The molecule has 0 atom stereocenters. The third kappa shape index (κ3) is 1.58. The Labute approximate surface area is 74.3 Å². The lowest BCUT2D eigenvalue weighted by atomic mass is 10.2. The molecule has 1 N–H and O–H groups in total. The minimum atomic E-state index is -3.22. The third-order valence-corrected chi connectivity index (χ3v) is 1.46. The zero-order valence-corrected chi connectivity index (χ0v) is 6.46. The molecule has 0 amide bonds. The SMILES string of the molecule is O=c1[nH]cc(C(F)F)c([N+](=O)[O-])c1F. The first-order valence-electron chi connectivity index (χ1n) is 3.28. The summed E-state index contributed by atoms with van der Waals surface area (Å²) in [4.78, 5) is 21.0. The molecule has 1 heterocycles. The van der Waals surface area contributed by atoms with E-state index in [1.165, 1.54) is 0 Å². The first-order valence-corrected chi connectivity index (χ1v) is 3.28. The molecule has 5 nitrogen and oxygen atoms in total. The summed E-state index contributed by atoms with van der Waals surface area (Å²) >= 11 is 0. The van der Waals surface area contributed by atoms with Gasteiger partial charge in [-0.05, 0) is 0 Å². The molecule has 0 aliphatic carbocycles. The second-order valence-corrected chi connectivity index (χ2v) is 2.29. The van der Waals surface area contributed by atoms with E-state index in [0.717, 1.165) is 0 Å². The predicted octanol–water partition coefficient (Wildman–Crippen LogP) is 1.36. The van der Waals surface area contributed by atoms with E-state index >= 15 is 0 Å². The van der Waals surface area contributed by atoms with E-state index in [2.05, 4.69) is 0 Å². The molecule has 0 aliphatic heterocycles. The van der Waals surface area contributed by atoms with Crippen LogP contribution in [0.5, 0.6) is 0 Å². The number of hydrogen-bond donors (Lipinski definition) is 1. The Kier molecular flexibility index (Phi) is 2.54. The Hall–Kier alpha value is -1.86. The van der Waals surface area contributed by atoms with Crippen LogP contribution in [-0.4, -0.2) is 9.91 Å². The summed E-state index contributed by atoms with van der Waals surface area (Å²) in [6.07, 6.45) is -2.80. The molecule has 1 aromatic heterocycles. The lowest BCUT2D eigenvalue weighted by molar-refractivity contribution is -0.389. The van der Waals surface area contributed by atoms with Gasteiger partial charge >= 0.3 is 5.69 Å². The van der Waals surface area contributed by atoms with Crippen LogP contribution in [0.1, 0.15) is 12.0 Å². The second-order valence-electron chi connectivity index (χ2n) is 2.29. The third-order valence-electron chi connectivity index (χ3n) is 1.46. The molecule has 14 heavy (non-hydrogen) atoms. The molecule has 0 radical (unpaired) electrons. The van der Waals surface area contributed by atoms with Crippen molar-refractivity contribution in [2.45, 2.75) is 6.43 Å². The summed E-state index contributed by atoms with van der Waals surface area (Å²) in [6.45, 7) is 0. The second kappa shape index (κ2) is 3.48. The number of pyridine rings is 1. The molecule has 76 valence electrons. The lowest BCUT2D eigenvalue weighted by Crippen LogP contribution is -2.15. The number of aromatic amines is 1. The summed E-state index contributed by atoms with van der Waals surface area (Å²) in [5, 5.41) is 10.2. The van der Waals surface area contributed by atoms with Crippen molar-refractivity contribution in [2.75, 3.05) is 0 Å². The molecule has 0 spiro atoms. The van der Waals surface area contributed by atoms with Crippen molar-refractivity contribution in [1.29, 1.82) is 0 Å². The van der Waals surface area contributed by atoms with Gasteiger partial charge in [0.1, 0.15) is 5.56 Å². The Balaban J connectivity index is 3.54. The maximum absolute atomic E-state index is 12.8. The monoisotopic (exact) mass is 208 g/mol. The molecule has 8 heteroatoms. The van der Waals surface area contributed by atoms with Crippen molar-refractivity contribution in [1.82, 2.24) is 4.98 Å². The van der Waals surface area contributed by atoms with E-state index in [4.69, 9.17) is 0 Å². The van der Waals surface area contributed by atoms with Crippen LogP contribution in [0, 0.1) is 15.9 Å². The van der Waals surface area contributed by atoms with Gasteiger partial charge in [-0.15, -0.1) is 0 Å². The maximum Gasteiger partial charge on any atom is 0.320 e. The molecule has 1 aromatic rings. The van der Waals surface area contributed by atoms with Gasteiger partial charge in [0.15, 0.2) is 0 Å². The minimum absolute atomic E-state index is 0.425. The van der Waals surface area contributed by atoms with Gasteiger partial charge in [-0.2, -0.15) is 4.39 Å². The largest absolute Gasteiger partial charge is 0.326 e. The normalized spacial score (nSPS) is 10.6. The quantitative estimate of drug-likeness (QED) is 0.588. The topological polar surface area (TPSA) is 76.0 Å². The van der Waals surface area contributed by atoms with Crippen molar-refractivity contribution >= 4 is 5.69 Å². The zero-order chi connectivity index (χ0) is 10.9. The fourth-order valence-corrected chi connectivity index (χ4v) is 0.861. The fraction of sp³-hybridized carbons (Fsp3) is 0.167. The highest BCUT2D eigenvalue weighted by atomic mass is 19.3. The van der Waals surface area contributed by atoms with Crippen LogP contribution in [0.4, 0.5) is 18.9 Å². The molecule has 0 unspecified atom stereocenters. The van der Waals surface area contributed by atoms with Crippen molar-refractivity contribution in [2.24, 2.45) is 0 Å². The number of halogens is 3. The van der Waals surface area contributed by atoms with Gasteiger partial charge in [0.2, 0.25) is 0 Å². The van der Waals surface area contributed by atoms with Crippen molar-refractivity contribution in [3.8, 4) is 0 Å². The van der Waals surface area contributed by atoms with Crippen LogP contribution in [0.3, 0.4) is 0 Å². The molecule has 0 saturated carbocycles. The van der Waals surface area contributed by atoms with Crippen molar-refractivity contribution in [3.63, 3.8) is 0 Å². The molecule has 0 saturated heterocycles. The van der Waals surface area contributed by atoms with Gasteiger partial charge < -0.3 is 4.98 Å². The fourth-order valence-electron chi connectivity index (χ4n) is 0.861. The number of aromatic nitrogens is 1. The summed E-state index contributed by atoms with van der Waals surface area (Å²) in [7, 11) is 0.